The molecule has 0 aliphatic carbocycles. The maximum Gasteiger partial charge on any atom is 0.238 e. The van der Waals surface area contributed by atoms with Crippen LogP contribution in [0.5, 0.6) is 0 Å². The fraction of sp³-hybridized carbons (Fsp3) is 0.462. The normalized spacial score (nSPS) is 20.0. The number of likely N-dealkylation sites (tertiary alicyclic amines) is 1. The molecule has 1 aromatic carbocycles. The van der Waals surface area contributed by atoms with Crippen molar-refractivity contribution in [2.45, 2.75) is 17.4 Å². The van der Waals surface area contributed by atoms with Crippen LogP contribution in [0.4, 0.5) is 5.69 Å². The number of rotatable bonds is 4. The molecule has 2 rings (SSSR count). The van der Waals surface area contributed by atoms with Crippen LogP contribution in [-0.4, -0.2) is 47.9 Å². The maximum absolute atomic E-state index is 11.8. The number of thioether (sulfide) groups is 1. The van der Waals surface area contributed by atoms with Crippen LogP contribution in [-0.2, 0) is 4.79 Å². The molecule has 0 bridgehead atoms. The number of aliphatic hydroxyl groups is 1. The highest BCUT2D eigenvalue weighted by Crippen LogP contribution is 2.19. The third kappa shape index (κ3) is 3.73. The quantitative estimate of drug-likeness (QED) is 0.809. The summed E-state index contributed by atoms with van der Waals surface area (Å²) in [7, 11) is 0. The Morgan fingerprint density at radius 2 is 2.44 bits per heavy atom. The van der Waals surface area contributed by atoms with Gasteiger partial charge in [0.25, 0.3) is 0 Å². The van der Waals surface area contributed by atoms with Crippen molar-refractivity contribution < 1.29 is 9.90 Å². The Morgan fingerprint density at radius 3 is 3.11 bits per heavy atom. The molecule has 1 amide bonds. The van der Waals surface area contributed by atoms with Crippen LogP contribution in [0.3, 0.4) is 0 Å². The molecule has 1 heterocycles. The Labute approximate surface area is 111 Å². The molecule has 5 heteroatoms. The molecule has 2 N–H and O–H groups in total. The molecule has 1 saturated heterocycles. The van der Waals surface area contributed by atoms with Crippen molar-refractivity contribution in [3.63, 3.8) is 0 Å². The third-order valence-electron chi connectivity index (χ3n) is 2.97. The molecule has 1 aliphatic rings. The summed E-state index contributed by atoms with van der Waals surface area (Å²) in [6.07, 6.45) is 2.49. The van der Waals surface area contributed by atoms with Gasteiger partial charge in [-0.2, -0.15) is 0 Å². The van der Waals surface area contributed by atoms with E-state index in [0.717, 1.165) is 23.5 Å². The van der Waals surface area contributed by atoms with Crippen molar-refractivity contribution in [1.29, 1.82) is 0 Å². The largest absolute Gasteiger partial charge is 0.392 e. The highest BCUT2D eigenvalue weighted by atomic mass is 32.2. The molecular formula is C13H18N2O2S. The molecule has 4 nitrogen and oxygen atoms in total. The number of anilines is 1. The summed E-state index contributed by atoms with van der Waals surface area (Å²) in [5.41, 5.74) is 0.826. The zero-order valence-corrected chi connectivity index (χ0v) is 11.2. The first-order valence-corrected chi connectivity index (χ1v) is 7.24. The first-order valence-electron chi connectivity index (χ1n) is 6.01. The molecule has 0 radical (unpaired) electrons. The number of amides is 1. The topological polar surface area (TPSA) is 52.6 Å². The molecule has 1 fully saturated rings. The van der Waals surface area contributed by atoms with Crippen LogP contribution in [0.2, 0.25) is 0 Å². The average molecular weight is 266 g/mol. The summed E-state index contributed by atoms with van der Waals surface area (Å²) in [6.45, 7) is 1.73. The van der Waals surface area contributed by atoms with E-state index < -0.39 is 0 Å². The van der Waals surface area contributed by atoms with Crippen LogP contribution < -0.4 is 5.32 Å². The minimum absolute atomic E-state index is 0.0256. The lowest BCUT2D eigenvalue weighted by Crippen LogP contribution is -2.32. The summed E-state index contributed by atoms with van der Waals surface area (Å²) < 4.78 is 0. The highest BCUT2D eigenvalue weighted by molar-refractivity contribution is 7.98. The Morgan fingerprint density at radius 1 is 1.61 bits per heavy atom. The van der Waals surface area contributed by atoms with Gasteiger partial charge in [0, 0.05) is 23.7 Å². The van der Waals surface area contributed by atoms with Gasteiger partial charge in [0.15, 0.2) is 0 Å². The van der Waals surface area contributed by atoms with Crippen molar-refractivity contribution >= 4 is 23.4 Å². The number of hydrogen-bond donors (Lipinski definition) is 2. The minimum Gasteiger partial charge on any atom is -0.392 e. The van der Waals surface area contributed by atoms with Crippen molar-refractivity contribution in [3.05, 3.63) is 24.3 Å². The van der Waals surface area contributed by atoms with Gasteiger partial charge in [-0.15, -0.1) is 11.8 Å². The minimum atomic E-state index is -0.280. The molecular weight excluding hydrogens is 248 g/mol. The van der Waals surface area contributed by atoms with E-state index in [2.05, 4.69) is 5.32 Å². The fourth-order valence-corrected chi connectivity index (χ4v) is 2.52. The van der Waals surface area contributed by atoms with E-state index in [1.54, 1.807) is 11.8 Å². The van der Waals surface area contributed by atoms with E-state index in [1.807, 2.05) is 35.4 Å². The summed E-state index contributed by atoms with van der Waals surface area (Å²) in [4.78, 5) is 14.9. The van der Waals surface area contributed by atoms with Crippen molar-refractivity contribution in [2.24, 2.45) is 0 Å². The van der Waals surface area contributed by atoms with Gasteiger partial charge in [-0.25, -0.2) is 0 Å². The van der Waals surface area contributed by atoms with Crippen LogP contribution in [0.15, 0.2) is 29.2 Å². The first kappa shape index (κ1) is 13.4. The maximum atomic E-state index is 11.8. The second kappa shape index (κ2) is 6.22. The van der Waals surface area contributed by atoms with Gasteiger partial charge in [0.2, 0.25) is 5.91 Å². The van der Waals surface area contributed by atoms with Gasteiger partial charge in [-0.1, -0.05) is 6.07 Å². The van der Waals surface area contributed by atoms with E-state index in [-0.39, 0.29) is 12.0 Å². The molecule has 0 saturated carbocycles. The number of carbonyl (C=O) groups excluding carboxylic acids is 1. The van der Waals surface area contributed by atoms with Crippen LogP contribution in [0, 0.1) is 0 Å². The molecule has 0 spiro atoms. The number of benzene rings is 1. The Kier molecular flexibility index (Phi) is 4.63. The monoisotopic (exact) mass is 266 g/mol. The zero-order valence-electron chi connectivity index (χ0n) is 10.4. The molecule has 0 aromatic heterocycles. The van der Waals surface area contributed by atoms with Gasteiger partial charge in [0.1, 0.15) is 0 Å². The number of nitrogens with one attached hydrogen (secondary N) is 1. The SMILES string of the molecule is CSc1cccc(NC(=O)CN2CC[C@H](O)C2)c1. The summed E-state index contributed by atoms with van der Waals surface area (Å²) in [6, 6.07) is 7.79. The van der Waals surface area contributed by atoms with Crippen molar-refractivity contribution in [2.75, 3.05) is 31.2 Å². The molecule has 1 atom stereocenters. The molecule has 0 unspecified atom stereocenters. The van der Waals surface area contributed by atoms with E-state index in [9.17, 15) is 9.90 Å². The zero-order chi connectivity index (χ0) is 13.0. The predicted molar refractivity (Wildman–Crippen MR) is 73.9 cm³/mol. The van der Waals surface area contributed by atoms with Crippen molar-refractivity contribution in [3.8, 4) is 0 Å². The number of carbonyl (C=O) groups is 1. The molecule has 18 heavy (non-hydrogen) atoms. The summed E-state index contributed by atoms with van der Waals surface area (Å²) >= 11 is 1.65. The number of aliphatic hydroxyl groups excluding tert-OH is 1. The Bertz CT molecular complexity index is 425. The fourth-order valence-electron chi connectivity index (χ4n) is 2.06. The van der Waals surface area contributed by atoms with Gasteiger partial charge in [0.05, 0.1) is 12.6 Å². The Hall–Kier alpha value is -1.04. The van der Waals surface area contributed by atoms with Gasteiger partial charge in [-0.3, -0.25) is 9.69 Å². The predicted octanol–water partition coefficient (Wildman–Crippen LogP) is 1.41. The number of hydrogen-bond acceptors (Lipinski definition) is 4. The third-order valence-corrected chi connectivity index (χ3v) is 3.69. The number of β-amino-alcohol motifs (C(OH)–C–C–N with tert-alkyl or cyclic N) is 1. The lowest BCUT2D eigenvalue weighted by atomic mass is 10.3. The van der Waals surface area contributed by atoms with E-state index in [1.165, 1.54) is 0 Å². The van der Waals surface area contributed by atoms with E-state index in [4.69, 9.17) is 0 Å². The van der Waals surface area contributed by atoms with E-state index in [0.29, 0.717) is 13.1 Å². The second-order valence-corrected chi connectivity index (χ2v) is 5.34. The van der Waals surface area contributed by atoms with Gasteiger partial charge >= 0.3 is 0 Å². The standard InChI is InChI=1S/C13H18N2O2S/c1-18-12-4-2-3-10(7-12)14-13(17)9-15-6-5-11(16)8-15/h2-4,7,11,16H,5-6,8-9H2,1H3,(H,14,17)/t11-/m0/s1. The Balaban J connectivity index is 1.86. The average Bonchev–Trinajstić information content (AvgIpc) is 2.74. The van der Waals surface area contributed by atoms with Crippen LogP contribution in [0.1, 0.15) is 6.42 Å². The highest BCUT2D eigenvalue weighted by Gasteiger charge is 2.21. The van der Waals surface area contributed by atoms with Gasteiger partial charge < -0.3 is 10.4 Å². The summed E-state index contributed by atoms with van der Waals surface area (Å²) in [5, 5.41) is 12.3. The van der Waals surface area contributed by atoms with Crippen LogP contribution >= 0.6 is 11.8 Å². The molecule has 98 valence electrons. The molecule has 1 aliphatic heterocycles. The van der Waals surface area contributed by atoms with E-state index >= 15 is 0 Å². The second-order valence-electron chi connectivity index (χ2n) is 4.46. The van der Waals surface area contributed by atoms with Crippen molar-refractivity contribution in [1.82, 2.24) is 4.90 Å². The van der Waals surface area contributed by atoms with Gasteiger partial charge in [-0.05, 0) is 30.9 Å². The van der Waals surface area contributed by atoms with Crippen LogP contribution in [0.25, 0.3) is 0 Å². The smallest absolute Gasteiger partial charge is 0.238 e. The summed E-state index contributed by atoms with van der Waals surface area (Å²) in [5.74, 6) is -0.0256. The lowest BCUT2D eigenvalue weighted by Gasteiger charge is -2.14. The molecule has 1 aromatic rings. The number of nitrogens with zero attached hydrogens (tertiary/aromatic N) is 1. The first-order chi connectivity index (χ1) is 8.67. The lowest BCUT2D eigenvalue weighted by molar-refractivity contribution is -0.117.